The van der Waals surface area contributed by atoms with E-state index in [1.165, 1.54) is 25.5 Å². The molecule has 1 saturated carbocycles. The molecule has 0 bridgehead atoms. The van der Waals surface area contributed by atoms with Crippen molar-refractivity contribution >= 4 is 5.78 Å². The minimum atomic E-state index is -0.498. The fourth-order valence-electron chi connectivity index (χ4n) is 3.02. The Morgan fingerprint density at radius 3 is 2.37 bits per heavy atom. The summed E-state index contributed by atoms with van der Waals surface area (Å²) >= 11 is 0. The van der Waals surface area contributed by atoms with Gasteiger partial charge in [0.2, 0.25) is 0 Å². The molecule has 0 saturated heterocycles. The molecule has 1 fully saturated rings. The van der Waals surface area contributed by atoms with Crippen molar-refractivity contribution in [2.45, 2.75) is 46.1 Å². The van der Waals surface area contributed by atoms with Crippen molar-refractivity contribution in [3.8, 4) is 5.75 Å². The van der Waals surface area contributed by atoms with Gasteiger partial charge in [0.05, 0.1) is 11.7 Å². The first kappa shape index (κ1) is 14.0. The topological polar surface area (TPSA) is 26.3 Å². The summed E-state index contributed by atoms with van der Waals surface area (Å²) in [7, 11) is 0. The third kappa shape index (κ3) is 3.55. The maximum absolute atomic E-state index is 13.7. The molecule has 0 amide bonds. The van der Waals surface area contributed by atoms with Crippen molar-refractivity contribution in [3.05, 3.63) is 29.6 Å². The standard InChI is InChI=1S/C16H21FO2/c1-10-6-11(2)8-14(7-10)19-13-4-5-15(12(3)18)16(17)9-13/h4-5,9-11,14H,6-8H2,1-3H3. The summed E-state index contributed by atoms with van der Waals surface area (Å²) in [6.45, 7) is 5.82. The lowest BCUT2D eigenvalue weighted by molar-refractivity contribution is 0.0999. The molecule has 104 valence electrons. The lowest BCUT2D eigenvalue weighted by Crippen LogP contribution is -2.28. The van der Waals surface area contributed by atoms with Crippen LogP contribution < -0.4 is 4.74 Å². The van der Waals surface area contributed by atoms with E-state index in [9.17, 15) is 9.18 Å². The number of hydrogen-bond donors (Lipinski definition) is 0. The summed E-state index contributed by atoms with van der Waals surface area (Å²) in [4.78, 5) is 11.2. The normalized spacial score (nSPS) is 27.1. The monoisotopic (exact) mass is 264 g/mol. The highest BCUT2D eigenvalue weighted by molar-refractivity contribution is 5.94. The molecule has 3 heteroatoms. The number of ether oxygens (including phenoxy) is 1. The molecule has 0 radical (unpaired) electrons. The predicted octanol–water partition coefficient (Wildman–Crippen LogP) is 4.23. The Morgan fingerprint density at radius 2 is 1.84 bits per heavy atom. The molecule has 19 heavy (non-hydrogen) atoms. The third-order valence-electron chi connectivity index (χ3n) is 3.76. The van der Waals surface area contributed by atoms with E-state index in [0.717, 1.165) is 12.8 Å². The van der Waals surface area contributed by atoms with E-state index in [1.807, 2.05) is 0 Å². The van der Waals surface area contributed by atoms with E-state index in [4.69, 9.17) is 4.74 Å². The number of hydrogen-bond acceptors (Lipinski definition) is 2. The van der Waals surface area contributed by atoms with Crippen molar-refractivity contribution in [3.63, 3.8) is 0 Å². The van der Waals surface area contributed by atoms with Crippen LogP contribution >= 0.6 is 0 Å². The SMILES string of the molecule is CC(=O)c1ccc(OC2CC(C)CC(C)C2)cc1F. The van der Waals surface area contributed by atoms with Crippen molar-refractivity contribution in [2.24, 2.45) is 11.8 Å². The molecule has 0 spiro atoms. The fourth-order valence-corrected chi connectivity index (χ4v) is 3.02. The molecule has 0 aliphatic heterocycles. The van der Waals surface area contributed by atoms with E-state index < -0.39 is 5.82 Å². The fraction of sp³-hybridized carbons (Fsp3) is 0.562. The van der Waals surface area contributed by atoms with Gasteiger partial charge in [-0.15, -0.1) is 0 Å². The Balaban J connectivity index is 2.07. The smallest absolute Gasteiger partial charge is 0.162 e. The van der Waals surface area contributed by atoms with Gasteiger partial charge in [-0.3, -0.25) is 4.79 Å². The molecule has 2 nitrogen and oxygen atoms in total. The molecule has 1 aliphatic rings. The first-order valence-electron chi connectivity index (χ1n) is 6.93. The van der Waals surface area contributed by atoms with E-state index in [1.54, 1.807) is 6.07 Å². The van der Waals surface area contributed by atoms with Gasteiger partial charge in [-0.25, -0.2) is 4.39 Å². The largest absolute Gasteiger partial charge is 0.490 e. The van der Waals surface area contributed by atoms with Gasteiger partial charge in [0, 0.05) is 6.07 Å². The molecule has 2 atom stereocenters. The Kier molecular flexibility index (Phi) is 4.23. The summed E-state index contributed by atoms with van der Waals surface area (Å²) in [6, 6.07) is 4.51. The molecule has 0 aromatic heterocycles. The van der Waals surface area contributed by atoms with Crippen LogP contribution in [0.5, 0.6) is 5.75 Å². The van der Waals surface area contributed by atoms with Crippen LogP contribution in [0.15, 0.2) is 18.2 Å². The molecule has 1 aromatic carbocycles. The second-order valence-electron chi connectivity index (χ2n) is 5.86. The first-order valence-corrected chi connectivity index (χ1v) is 6.93. The summed E-state index contributed by atoms with van der Waals surface area (Å²) in [5.41, 5.74) is 0.123. The van der Waals surface area contributed by atoms with E-state index in [2.05, 4.69) is 13.8 Å². The van der Waals surface area contributed by atoms with Gasteiger partial charge in [-0.1, -0.05) is 13.8 Å². The van der Waals surface area contributed by atoms with Gasteiger partial charge < -0.3 is 4.74 Å². The van der Waals surface area contributed by atoms with Crippen LogP contribution in [0.25, 0.3) is 0 Å². The molecule has 0 N–H and O–H groups in total. The Morgan fingerprint density at radius 1 is 1.21 bits per heavy atom. The van der Waals surface area contributed by atoms with Crippen LogP contribution in [0.1, 0.15) is 50.4 Å². The summed E-state index contributed by atoms with van der Waals surface area (Å²) in [6.07, 6.45) is 3.42. The van der Waals surface area contributed by atoms with Crippen LogP contribution in [-0.4, -0.2) is 11.9 Å². The number of benzene rings is 1. The first-order chi connectivity index (χ1) is 8.95. The lowest BCUT2D eigenvalue weighted by Gasteiger charge is -2.31. The van der Waals surface area contributed by atoms with Crippen LogP contribution in [0.2, 0.25) is 0 Å². The zero-order chi connectivity index (χ0) is 14.0. The third-order valence-corrected chi connectivity index (χ3v) is 3.76. The number of rotatable bonds is 3. The van der Waals surface area contributed by atoms with E-state index in [-0.39, 0.29) is 17.5 Å². The van der Waals surface area contributed by atoms with Crippen molar-refractivity contribution in [1.29, 1.82) is 0 Å². The zero-order valence-corrected chi connectivity index (χ0v) is 11.8. The average Bonchev–Trinajstić information content (AvgIpc) is 2.26. The van der Waals surface area contributed by atoms with Gasteiger partial charge >= 0.3 is 0 Å². The van der Waals surface area contributed by atoms with Crippen molar-refractivity contribution in [1.82, 2.24) is 0 Å². The molecule has 0 heterocycles. The Hall–Kier alpha value is -1.38. The van der Waals surface area contributed by atoms with Crippen LogP contribution in [0.4, 0.5) is 4.39 Å². The van der Waals surface area contributed by atoms with Gasteiger partial charge in [0.25, 0.3) is 0 Å². The van der Waals surface area contributed by atoms with Gasteiger partial charge in [-0.05, 0) is 50.2 Å². The molecule has 2 unspecified atom stereocenters. The molecular weight excluding hydrogens is 243 g/mol. The zero-order valence-electron chi connectivity index (χ0n) is 11.8. The van der Waals surface area contributed by atoms with Crippen LogP contribution in [-0.2, 0) is 0 Å². The van der Waals surface area contributed by atoms with E-state index >= 15 is 0 Å². The maximum atomic E-state index is 13.7. The molecule has 2 rings (SSSR count). The second-order valence-corrected chi connectivity index (χ2v) is 5.86. The number of halogens is 1. The number of Topliss-reactive ketones (excluding diaryl/α,β-unsaturated/α-hetero) is 1. The highest BCUT2D eigenvalue weighted by atomic mass is 19.1. The predicted molar refractivity (Wildman–Crippen MR) is 73.0 cm³/mol. The summed E-state index contributed by atoms with van der Waals surface area (Å²) in [5, 5.41) is 0. The highest BCUT2D eigenvalue weighted by Crippen LogP contribution is 2.31. The Labute approximate surface area is 114 Å². The lowest BCUT2D eigenvalue weighted by atomic mass is 9.82. The second kappa shape index (κ2) is 5.72. The van der Waals surface area contributed by atoms with Crippen LogP contribution in [0, 0.1) is 17.7 Å². The maximum Gasteiger partial charge on any atom is 0.162 e. The van der Waals surface area contributed by atoms with Gasteiger partial charge in [0.15, 0.2) is 5.78 Å². The van der Waals surface area contributed by atoms with Crippen molar-refractivity contribution < 1.29 is 13.9 Å². The molecule has 1 aromatic rings. The highest BCUT2D eigenvalue weighted by Gasteiger charge is 2.25. The minimum Gasteiger partial charge on any atom is -0.490 e. The molecular formula is C16H21FO2. The number of carbonyl (C=O) groups excluding carboxylic acids is 1. The van der Waals surface area contributed by atoms with Gasteiger partial charge in [0.1, 0.15) is 11.6 Å². The quantitative estimate of drug-likeness (QED) is 0.764. The average molecular weight is 264 g/mol. The summed E-state index contributed by atoms with van der Waals surface area (Å²) < 4.78 is 19.6. The van der Waals surface area contributed by atoms with Gasteiger partial charge in [-0.2, -0.15) is 0 Å². The number of carbonyl (C=O) groups is 1. The summed E-state index contributed by atoms with van der Waals surface area (Å²) in [5.74, 6) is 1.06. The van der Waals surface area contributed by atoms with Crippen LogP contribution in [0.3, 0.4) is 0 Å². The molecule has 1 aliphatic carbocycles. The Bertz CT molecular complexity index is 460. The van der Waals surface area contributed by atoms with E-state index in [0.29, 0.717) is 17.6 Å². The number of ketones is 1. The van der Waals surface area contributed by atoms with Crippen molar-refractivity contribution in [2.75, 3.05) is 0 Å². The minimum absolute atomic E-state index is 0.123.